The van der Waals surface area contributed by atoms with Crippen LogP contribution in [0.25, 0.3) is 6.08 Å². The van der Waals surface area contributed by atoms with Gasteiger partial charge >= 0.3 is 0 Å². The number of allylic oxidation sites excluding steroid dienone is 1. The van der Waals surface area contributed by atoms with Crippen LogP contribution in [0.15, 0.2) is 65.6 Å². The van der Waals surface area contributed by atoms with E-state index in [1.54, 1.807) is 17.8 Å². The molecule has 0 aliphatic rings. The van der Waals surface area contributed by atoms with E-state index in [0.717, 1.165) is 11.1 Å². The highest BCUT2D eigenvalue weighted by Crippen LogP contribution is 2.15. The van der Waals surface area contributed by atoms with Crippen LogP contribution in [0, 0.1) is 0 Å². The summed E-state index contributed by atoms with van der Waals surface area (Å²) in [6, 6.07) is 17.5. The van der Waals surface area contributed by atoms with Gasteiger partial charge < -0.3 is 0 Å². The van der Waals surface area contributed by atoms with E-state index in [-0.39, 0.29) is 5.78 Å². The molecule has 0 aliphatic carbocycles. The van der Waals surface area contributed by atoms with Crippen LogP contribution in [0.1, 0.15) is 15.9 Å². The Morgan fingerprint density at radius 1 is 1.00 bits per heavy atom. The topological polar surface area (TPSA) is 17.1 Å². The normalized spacial score (nSPS) is 10.7. The fourth-order valence-corrected chi connectivity index (χ4v) is 2.00. The molecule has 0 spiro atoms. The lowest BCUT2D eigenvalue weighted by molar-refractivity contribution is 0.104. The molecule has 2 heteroatoms. The Morgan fingerprint density at radius 2 is 1.67 bits per heavy atom. The number of hydrogen-bond donors (Lipinski definition) is 0. The van der Waals surface area contributed by atoms with Gasteiger partial charge in [0, 0.05) is 10.5 Å². The Morgan fingerprint density at radius 3 is 2.28 bits per heavy atom. The molecule has 0 atom stereocenters. The second kappa shape index (κ2) is 6.22. The summed E-state index contributed by atoms with van der Waals surface area (Å²) in [5, 5.41) is 0. The summed E-state index contributed by atoms with van der Waals surface area (Å²) < 4.78 is 0. The third-order valence-corrected chi connectivity index (χ3v) is 3.34. The first-order valence-corrected chi connectivity index (χ1v) is 6.93. The molecule has 0 aliphatic heterocycles. The molecule has 0 N–H and O–H groups in total. The third-order valence-electron chi connectivity index (χ3n) is 2.60. The van der Waals surface area contributed by atoms with E-state index in [1.807, 2.05) is 66.9 Å². The summed E-state index contributed by atoms with van der Waals surface area (Å²) in [7, 11) is 0. The Balaban J connectivity index is 2.09. The van der Waals surface area contributed by atoms with E-state index >= 15 is 0 Å². The molecule has 2 rings (SSSR count). The number of rotatable bonds is 4. The molecule has 0 aromatic heterocycles. The second-order valence-corrected chi connectivity index (χ2v) is 4.72. The van der Waals surface area contributed by atoms with Crippen molar-refractivity contribution in [1.29, 1.82) is 0 Å². The number of benzene rings is 2. The lowest BCUT2D eigenvalue weighted by Crippen LogP contribution is -1.93. The first-order valence-electron chi connectivity index (χ1n) is 5.71. The van der Waals surface area contributed by atoms with Gasteiger partial charge in [0.2, 0.25) is 0 Å². The Hall–Kier alpha value is -1.80. The van der Waals surface area contributed by atoms with Crippen LogP contribution in [0.4, 0.5) is 0 Å². The predicted octanol–water partition coefficient (Wildman–Crippen LogP) is 4.30. The molecule has 2 aromatic rings. The molecule has 90 valence electrons. The van der Waals surface area contributed by atoms with Gasteiger partial charge in [0.05, 0.1) is 0 Å². The number of thioether (sulfide) groups is 1. The molecule has 0 unspecified atom stereocenters. The van der Waals surface area contributed by atoms with Crippen LogP contribution in [0.5, 0.6) is 0 Å². The zero-order valence-corrected chi connectivity index (χ0v) is 11.0. The van der Waals surface area contributed by atoms with Gasteiger partial charge in [-0.3, -0.25) is 4.79 Å². The molecular weight excluding hydrogens is 240 g/mol. The van der Waals surface area contributed by atoms with E-state index in [4.69, 9.17) is 0 Å². The SMILES string of the molecule is CSc1ccc(C(=O)/C=C/c2ccccc2)cc1. The Labute approximate surface area is 112 Å². The van der Waals surface area contributed by atoms with Crippen molar-refractivity contribution >= 4 is 23.6 Å². The maximum absolute atomic E-state index is 11.9. The third kappa shape index (κ3) is 3.34. The van der Waals surface area contributed by atoms with Crippen LogP contribution >= 0.6 is 11.8 Å². The van der Waals surface area contributed by atoms with E-state index in [0.29, 0.717) is 0 Å². The lowest BCUT2D eigenvalue weighted by atomic mass is 10.1. The molecule has 2 aromatic carbocycles. The van der Waals surface area contributed by atoms with Crippen LogP contribution in [0.3, 0.4) is 0 Å². The summed E-state index contributed by atoms with van der Waals surface area (Å²) in [6.45, 7) is 0. The van der Waals surface area contributed by atoms with Crippen molar-refractivity contribution in [3.63, 3.8) is 0 Å². The summed E-state index contributed by atoms with van der Waals surface area (Å²) in [5.41, 5.74) is 1.76. The quantitative estimate of drug-likeness (QED) is 0.459. The van der Waals surface area contributed by atoms with Crippen molar-refractivity contribution in [2.45, 2.75) is 4.90 Å². The van der Waals surface area contributed by atoms with E-state index in [9.17, 15) is 4.79 Å². The zero-order valence-electron chi connectivity index (χ0n) is 10.2. The number of ketones is 1. The van der Waals surface area contributed by atoms with Crippen LogP contribution < -0.4 is 0 Å². The van der Waals surface area contributed by atoms with Crippen molar-refractivity contribution in [2.75, 3.05) is 6.26 Å². The summed E-state index contributed by atoms with van der Waals surface area (Å²) >= 11 is 1.67. The maximum atomic E-state index is 11.9. The van der Waals surface area contributed by atoms with E-state index < -0.39 is 0 Å². The van der Waals surface area contributed by atoms with Gasteiger partial charge in [-0.1, -0.05) is 36.4 Å². The average Bonchev–Trinajstić information content (AvgIpc) is 2.46. The van der Waals surface area contributed by atoms with Gasteiger partial charge in [0.25, 0.3) is 0 Å². The minimum atomic E-state index is 0.0338. The van der Waals surface area contributed by atoms with E-state index in [2.05, 4.69) is 0 Å². The highest BCUT2D eigenvalue weighted by Gasteiger charge is 2.01. The summed E-state index contributed by atoms with van der Waals surface area (Å²) in [4.78, 5) is 13.1. The highest BCUT2D eigenvalue weighted by molar-refractivity contribution is 7.98. The van der Waals surface area contributed by atoms with Gasteiger partial charge in [-0.25, -0.2) is 0 Å². The summed E-state index contributed by atoms with van der Waals surface area (Å²) in [6.07, 6.45) is 5.47. The van der Waals surface area contributed by atoms with Gasteiger partial charge in [-0.05, 0) is 42.2 Å². The van der Waals surface area contributed by atoms with Crippen LogP contribution in [0.2, 0.25) is 0 Å². The minimum absolute atomic E-state index is 0.0338. The molecule has 0 fully saturated rings. The fraction of sp³-hybridized carbons (Fsp3) is 0.0625. The molecular formula is C16H14OS. The molecule has 0 amide bonds. The standard InChI is InChI=1S/C16H14OS/c1-18-15-10-8-14(9-11-15)16(17)12-7-13-5-3-2-4-6-13/h2-12H,1H3/b12-7+. The molecule has 18 heavy (non-hydrogen) atoms. The van der Waals surface area contributed by atoms with Gasteiger partial charge in [0.15, 0.2) is 5.78 Å². The predicted molar refractivity (Wildman–Crippen MR) is 78.0 cm³/mol. The van der Waals surface area contributed by atoms with Crippen LogP contribution in [-0.4, -0.2) is 12.0 Å². The van der Waals surface area contributed by atoms with Gasteiger partial charge in [-0.2, -0.15) is 0 Å². The highest BCUT2D eigenvalue weighted by atomic mass is 32.2. The first kappa shape index (κ1) is 12.7. The van der Waals surface area contributed by atoms with Gasteiger partial charge in [0.1, 0.15) is 0 Å². The monoisotopic (exact) mass is 254 g/mol. The van der Waals surface area contributed by atoms with Gasteiger partial charge in [-0.15, -0.1) is 11.8 Å². The number of carbonyl (C=O) groups is 1. The zero-order chi connectivity index (χ0) is 12.8. The lowest BCUT2D eigenvalue weighted by Gasteiger charge is -1.98. The Kier molecular flexibility index (Phi) is 4.37. The molecule has 0 radical (unpaired) electrons. The van der Waals surface area contributed by atoms with Crippen molar-refractivity contribution in [3.8, 4) is 0 Å². The van der Waals surface area contributed by atoms with Crippen molar-refractivity contribution in [3.05, 3.63) is 71.8 Å². The molecule has 1 nitrogen and oxygen atoms in total. The summed E-state index contributed by atoms with van der Waals surface area (Å²) in [5.74, 6) is 0.0338. The number of hydrogen-bond acceptors (Lipinski definition) is 2. The van der Waals surface area contributed by atoms with Crippen molar-refractivity contribution in [1.82, 2.24) is 0 Å². The Bertz CT molecular complexity index is 541. The number of carbonyl (C=O) groups excluding carboxylic acids is 1. The average molecular weight is 254 g/mol. The van der Waals surface area contributed by atoms with Crippen molar-refractivity contribution < 1.29 is 4.79 Å². The molecule has 0 heterocycles. The van der Waals surface area contributed by atoms with Crippen LogP contribution in [-0.2, 0) is 0 Å². The smallest absolute Gasteiger partial charge is 0.185 e. The first-order chi connectivity index (χ1) is 8.79. The molecule has 0 saturated carbocycles. The molecule has 0 bridgehead atoms. The largest absolute Gasteiger partial charge is 0.289 e. The second-order valence-electron chi connectivity index (χ2n) is 3.84. The maximum Gasteiger partial charge on any atom is 0.185 e. The molecule has 0 saturated heterocycles. The van der Waals surface area contributed by atoms with E-state index in [1.165, 1.54) is 4.90 Å². The minimum Gasteiger partial charge on any atom is -0.289 e. The van der Waals surface area contributed by atoms with Crippen molar-refractivity contribution in [2.24, 2.45) is 0 Å². The fourth-order valence-electron chi connectivity index (χ4n) is 1.59.